The van der Waals surface area contributed by atoms with Crippen molar-refractivity contribution in [3.8, 4) is 11.1 Å². The van der Waals surface area contributed by atoms with Gasteiger partial charge in [-0.25, -0.2) is 0 Å². The Morgan fingerprint density at radius 2 is 1.78 bits per heavy atom. The summed E-state index contributed by atoms with van der Waals surface area (Å²) in [6.07, 6.45) is 6.14. The van der Waals surface area contributed by atoms with E-state index in [0.29, 0.717) is 48.9 Å². The molecule has 1 aliphatic heterocycles. The van der Waals surface area contributed by atoms with Gasteiger partial charge >= 0.3 is 0 Å². The van der Waals surface area contributed by atoms with E-state index in [1.54, 1.807) is 16.9 Å². The smallest absolute Gasteiger partial charge is 0.270 e. The zero-order valence-electron chi connectivity index (χ0n) is 21.4. The number of H-pyrrole nitrogens is 1. The minimum absolute atomic E-state index is 0.154. The average Bonchev–Trinajstić information content (AvgIpc) is 3.79. The van der Waals surface area contributed by atoms with Crippen LogP contribution in [0.15, 0.2) is 36.5 Å². The van der Waals surface area contributed by atoms with Crippen molar-refractivity contribution >= 4 is 17.5 Å². The first-order valence-electron chi connectivity index (χ1n) is 13.3. The maximum atomic E-state index is 13.7. The zero-order valence-corrected chi connectivity index (χ0v) is 21.4. The molecule has 1 saturated heterocycles. The van der Waals surface area contributed by atoms with Crippen LogP contribution >= 0.6 is 0 Å². The molecule has 1 aromatic carbocycles. The summed E-state index contributed by atoms with van der Waals surface area (Å²) < 4.78 is 7.01. The third kappa shape index (κ3) is 5.05. The van der Waals surface area contributed by atoms with Crippen LogP contribution in [0.25, 0.3) is 11.1 Å². The molecule has 3 N–H and O–H groups in total. The summed E-state index contributed by atoms with van der Waals surface area (Å²) in [4.78, 5) is 27.1. The number of amides is 2. The summed E-state index contributed by atoms with van der Waals surface area (Å²) in [6, 6.07) is 8.96. The highest BCUT2D eigenvalue weighted by Gasteiger charge is 2.48. The van der Waals surface area contributed by atoms with Crippen molar-refractivity contribution in [3.63, 3.8) is 0 Å². The molecule has 0 spiro atoms. The SMILES string of the molecule is Cc1n[nH]c(C)c1-c1ccc(NC(=O)[C@@H](NC(=O)c2ccnn2CC2COC2)C(C2CC2)C2CC2)cc1. The Balaban J connectivity index is 1.20. The topological polar surface area (TPSA) is 114 Å². The highest BCUT2D eigenvalue weighted by Crippen LogP contribution is 2.51. The van der Waals surface area contributed by atoms with Gasteiger partial charge in [-0.05, 0) is 81.0 Å². The first kappa shape index (κ1) is 23.9. The van der Waals surface area contributed by atoms with Crippen LogP contribution < -0.4 is 10.6 Å². The highest BCUT2D eigenvalue weighted by atomic mass is 16.5. The van der Waals surface area contributed by atoms with Crippen LogP contribution in [0.2, 0.25) is 0 Å². The number of aromatic amines is 1. The van der Waals surface area contributed by atoms with Crippen LogP contribution in [0.1, 0.15) is 47.6 Å². The molecule has 2 aliphatic carbocycles. The maximum Gasteiger partial charge on any atom is 0.270 e. The van der Waals surface area contributed by atoms with Crippen molar-refractivity contribution in [2.75, 3.05) is 18.5 Å². The van der Waals surface area contributed by atoms with Gasteiger partial charge in [-0.2, -0.15) is 10.2 Å². The molecule has 1 atom stereocenters. The summed E-state index contributed by atoms with van der Waals surface area (Å²) in [5, 5.41) is 17.9. The van der Waals surface area contributed by atoms with Gasteiger partial charge in [0.15, 0.2) is 0 Å². The lowest BCUT2D eigenvalue weighted by Crippen LogP contribution is -2.50. The molecule has 3 aromatic rings. The number of aryl methyl sites for hydroxylation is 2. The Hall–Kier alpha value is -3.46. The number of ether oxygens (including phenoxy) is 1. The molecular weight excluding hydrogens is 468 g/mol. The monoisotopic (exact) mass is 502 g/mol. The second-order valence-electron chi connectivity index (χ2n) is 10.9. The quantitative estimate of drug-likeness (QED) is 0.391. The molecular formula is C28H34N6O3. The molecule has 9 heteroatoms. The molecule has 2 amide bonds. The van der Waals surface area contributed by atoms with Crippen molar-refractivity contribution in [2.45, 2.75) is 52.1 Å². The standard InChI is InChI=1S/C28H34N6O3/c1-16-24(17(2)33-32-16)19-7-9-22(10-8-19)30-28(36)26(25(20-3-4-20)21-5-6-21)31-27(35)23-11-12-29-34(23)13-18-14-37-15-18/h7-12,18,20-21,25-26H,3-6,13-15H2,1-2H3,(H,30,36)(H,31,35)(H,32,33)/t26-/m0/s1. The molecule has 0 unspecified atom stereocenters. The van der Waals surface area contributed by atoms with Gasteiger partial charge < -0.3 is 15.4 Å². The number of nitrogens with zero attached hydrogens (tertiary/aromatic N) is 3. The van der Waals surface area contributed by atoms with E-state index in [-0.39, 0.29) is 17.7 Å². The molecule has 6 rings (SSSR count). The van der Waals surface area contributed by atoms with E-state index in [9.17, 15) is 9.59 Å². The molecule has 0 radical (unpaired) electrons. The van der Waals surface area contributed by atoms with E-state index < -0.39 is 6.04 Å². The lowest BCUT2D eigenvalue weighted by Gasteiger charge is -2.28. The van der Waals surface area contributed by atoms with Gasteiger partial charge in [0.2, 0.25) is 5.91 Å². The predicted octanol–water partition coefficient (Wildman–Crippen LogP) is 3.71. The number of hydrogen-bond acceptors (Lipinski definition) is 5. The zero-order chi connectivity index (χ0) is 25.5. The lowest BCUT2D eigenvalue weighted by atomic mass is 9.88. The van der Waals surface area contributed by atoms with E-state index in [0.717, 1.165) is 48.2 Å². The van der Waals surface area contributed by atoms with Gasteiger partial charge in [0.05, 0.1) is 18.9 Å². The molecule has 37 heavy (non-hydrogen) atoms. The van der Waals surface area contributed by atoms with Crippen LogP contribution in [0.4, 0.5) is 5.69 Å². The van der Waals surface area contributed by atoms with E-state index >= 15 is 0 Å². The van der Waals surface area contributed by atoms with Crippen LogP contribution in [0.3, 0.4) is 0 Å². The second-order valence-corrected chi connectivity index (χ2v) is 10.9. The fraction of sp³-hybridized carbons (Fsp3) is 0.500. The fourth-order valence-electron chi connectivity index (χ4n) is 5.67. The number of benzene rings is 1. The predicted molar refractivity (Wildman–Crippen MR) is 139 cm³/mol. The van der Waals surface area contributed by atoms with Gasteiger partial charge in [-0.3, -0.25) is 19.4 Å². The largest absolute Gasteiger partial charge is 0.381 e. The molecule has 9 nitrogen and oxygen atoms in total. The van der Waals surface area contributed by atoms with Gasteiger partial charge in [0.1, 0.15) is 11.7 Å². The summed E-state index contributed by atoms with van der Waals surface area (Å²) in [7, 11) is 0. The minimum Gasteiger partial charge on any atom is -0.381 e. The van der Waals surface area contributed by atoms with Crippen LogP contribution in [0, 0.1) is 37.5 Å². The van der Waals surface area contributed by atoms with Crippen molar-refractivity contribution in [2.24, 2.45) is 23.7 Å². The van der Waals surface area contributed by atoms with Crippen molar-refractivity contribution in [3.05, 3.63) is 53.6 Å². The number of anilines is 1. The highest BCUT2D eigenvalue weighted by molar-refractivity contribution is 6.01. The van der Waals surface area contributed by atoms with E-state index in [1.807, 2.05) is 38.1 Å². The number of hydrogen-bond donors (Lipinski definition) is 3. The number of nitrogens with one attached hydrogen (secondary N) is 3. The normalized spacial score (nSPS) is 18.5. The lowest BCUT2D eigenvalue weighted by molar-refractivity contribution is -0.119. The molecule has 3 fully saturated rings. The van der Waals surface area contributed by atoms with Crippen LogP contribution in [-0.2, 0) is 16.1 Å². The Morgan fingerprint density at radius 3 is 2.35 bits per heavy atom. The number of carbonyl (C=O) groups excluding carboxylic acids is 2. The van der Waals surface area contributed by atoms with Gasteiger partial charge in [-0.1, -0.05) is 12.1 Å². The third-order valence-corrected chi connectivity index (χ3v) is 7.94. The number of aromatic nitrogens is 4. The van der Waals surface area contributed by atoms with Gasteiger partial charge in [0, 0.05) is 35.6 Å². The van der Waals surface area contributed by atoms with Crippen LogP contribution in [0.5, 0.6) is 0 Å². The van der Waals surface area contributed by atoms with Crippen molar-refractivity contribution in [1.82, 2.24) is 25.3 Å². The first-order chi connectivity index (χ1) is 18.0. The summed E-state index contributed by atoms with van der Waals surface area (Å²) in [6.45, 7) is 6.00. The average molecular weight is 503 g/mol. The molecule has 2 saturated carbocycles. The molecule has 3 aliphatic rings. The molecule has 194 valence electrons. The first-order valence-corrected chi connectivity index (χ1v) is 13.3. The van der Waals surface area contributed by atoms with Gasteiger partial charge in [0.25, 0.3) is 5.91 Å². The number of rotatable bonds is 10. The second kappa shape index (κ2) is 9.78. The van der Waals surface area contributed by atoms with Crippen molar-refractivity contribution < 1.29 is 14.3 Å². The Bertz CT molecular complexity index is 1250. The summed E-state index contributed by atoms with van der Waals surface area (Å²) >= 11 is 0. The fourth-order valence-corrected chi connectivity index (χ4v) is 5.67. The number of carbonyl (C=O) groups is 2. The molecule has 3 heterocycles. The third-order valence-electron chi connectivity index (χ3n) is 7.94. The Kier molecular flexibility index (Phi) is 6.32. The van der Waals surface area contributed by atoms with Gasteiger partial charge in [-0.15, -0.1) is 0 Å². The van der Waals surface area contributed by atoms with E-state index in [1.165, 1.54) is 0 Å². The minimum atomic E-state index is -0.582. The molecule has 0 bridgehead atoms. The van der Waals surface area contributed by atoms with E-state index in [2.05, 4.69) is 25.9 Å². The maximum absolute atomic E-state index is 13.7. The van der Waals surface area contributed by atoms with Crippen molar-refractivity contribution in [1.29, 1.82) is 0 Å². The summed E-state index contributed by atoms with van der Waals surface area (Å²) in [5.41, 5.74) is 5.29. The van der Waals surface area contributed by atoms with Crippen LogP contribution in [-0.4, -0.2) is 51.0 Å². The Morgan fingerprint density at radius 1 is 1.08 bits per heavy atom. The van der Waals surface area contributed by atoms with E-state index in [4.69, 9.17) is 4.74 Å². The Labute approximate surface area is 216 Å². The summed E-state index contributed by atoms with van der Waals surface area (Å²) in [5.74, 6) is 1.12. The molecule has 2 aromatic heterocycles.